The van der Waals surface area contributed by atoms with Crippen molar-refractivity contribution in [3.63, 3.8) is 0 Å². The molecule has 1 nitrogen and oxygen atoms in total. The Bertz CT molecular complexity index is 258. The van der Waals surface area contributed by atoms with Crippen LogP contribution in [0.4, 0.5) is 0 Å². The highest BCUT2D eigenvalue weighted by atomic mass is 32.1. The molecule has 0 spiro atoms. The summed E-state index contributed by atoms with van der Waals surface area (Å²) in [6, 6.07) is 6.48. The minimum absolute atomic E-state index is 0.477. The molecule has 13 heavy (non-hydrogen) atoms. The first-order valence-corrected chi connectivity index (χ1v) is 5.66. The average Bonchev–Trinajstić information content (AvgIpc) is 2.65. The summed E-state index contributed by atoms with van der Waals surface area (Å²) in [7, 11) is 0. The molecule has 1 atom stereocenters. The van der Waals surface area contributed by atoms with Crippen molar-refractivity contribution >= 4 is 11.3 Å². The monoisotopic (exact) mass is 193 g/mol. The van der Waals surface area contributed by atoms with Crippen molar-refractivity contribution in [2.75, 3.05) is 0 Å². The quantitative estimate of drug-likeness (QED) is 0.695. The van der Waals surface area contributed by atoms with E-state index in [4.69, 9.17) is 5.26 Å². The van der Waals surface area contributed by atoms with Crippen molar-refractivity contribution < 1.29 is 0 Å². The van der Waals surface area contributed by atoms with Gasteiger partial charge in [-0.2, -0.15) is 5.26 Å². The second-order valence-electron chi connectivity index (χ2n) is 3.22. The SMILES string of the molecule is CCCCC(CC#N)c1cccs1. The molecule has 2 heteroatoms. The fourth-order valence-electron chi connectivity index (χ4n) is 1.43. The molecule has 0 fully saturated rings. The lowest BCUT2D eigenvalue weighted by molar-refractivity contribution is 0.601. The van der Waals surface area contributed by atoms with E-state index < -0.39 is 0 Å². The Morgan fingerprint density at radius 2 is 2.46 bits per heavy atom. The highest BCUT2D eigenvalue weighted by Gasteiger charge is 2.10. The van der Waals surface area contributed by atoms with Crippen molar-refractivity contribution in [2.24, 2.45) is 0 Å². The van der Waals surface area contributed by atoms with Crippen molar-refractivity contribution in [1.82, 2.24) is 0 Å². The fraction of sp³-hybridized carbons (Fsp3) is 0.545. The van der Waals surface area contributed by atoms with Gasteiger partial charge >= 0.3 is 0 Å². The molecule has 0 aromatic carbocycles. The normalized spacial score (nSPS) is 12.3. The number of hydrogen-bond donors (Lipinski definition) is 0. The third-order valence-electron chi connectivity index (χ3n) is 2.19. The minimum atomic E-state index is 0.477. The maximum Gasteiger partial charge on any atom is 0.0628 e. The molecule has 1 aromatic rings. The molecule has 1 aromatic heterocycles. The Kier molecular flexibility index (Phi) is 4.56. The van der Waals surface area contributed by atoms with Crippen LogP contribution in [0.3, 0.4) is 0 Å². The number of unbranched alkanes of at least 4 members (excludes halogenated alkanes) is 1. The van der Waals surface area contributed by atoms with Crippen LogP contribution < -0.4 is 0 Å². The minimum Gasteiger partial charge on any atom is -0.198 e. The van der Waals surface area contributed by atoms with E-state index in [0.29, 0.717) is 12.3 Å². The molecule has 0 saturated carbocycles. The van der Waals surface area contributed by atoms with E-state index in [2.05, 4.69) is 30.5 Å². The first-order valence-electron chi connectivity index (χ1n) is 4.78. The van der Waals surface area contributed by atoms with Crippen LogP contribution in [-0.4, -0.2) is 0 Å². The van der Waals surface area contributed by atoms with Crippen molar-refractivity contribution in [1.29, 1.82) is 5.26 Å². The molecule has 0 bridgehead atoms. The molecule has 0 aliphatic heterocycles. The first kappa shape index (κ1) is 10.3. The van der Waals surface area contributed by atoms with Crippen molar-refractivity contribution in [2.45, 2.75) is 38.5 Å². The van der Waals surface area contributed by atoms with E-state index in [1.54, 1.807) is 11.3 Å². The third-order valence-corrected chi connectivity index (χ3v) is 3.22. The van der Waals surface area contributed by atoms with Gasteiger partial charge in [-0.3, -0.25) is 0 Å². The average molecular weight is 193 g/mol. The Morgan fingerprint density at radius 1 is 1.62 bits per heavy atom. The van der Waals surface area contributed by atoms with Gasteiger partial charge in [-0.25, -0.2) is 0 Å². The zero-order valence-electron chi connectivity index (χ0n) is 7.99. The Balaban J connectivity index is 2.53. The highest BCUT2D eigenvalue weighted by Crippen LogP contribution is 2.28. The molecule has 0 amide bonds. The molecule has 0 radical (unpaired) electrons. The highest BCUT2D eigenvalue weighted by molar-refractivity contribution is 7.10. The smallest absolute Gasteiger partial charge is 0.0628 e. The molecule has 1 heterocycles. The lowest BCUT2D eigenvalue weighted by Gasteiger charge is -2.09. The predicted molar refractivity (Wildman–Crippen MR) is 56.8 cm³/mol. The van der Waals surface area contributed by atoms with Gasteiger partial charge in [0.05, 0.1) is 6.07 Å². The molecular formula is C11H15NS. The van der Waals surface area contributed by atoms with Crippen LogP contribution in [0.2, 0.25) is 0 Å². The lowest BCUT2D eigenvalue weighted by atomic mass is 9.98. The maximum absolute atomic E-state index is 8.69. The van der Waals surface area contributed by atoms with Crippen molar-refractivity contribution in [3.8, 4) is 6.07 Å². The molecule has 0 N–H and O–H groups in total. The van der Waals surface area contributed by atoms with E-state index in [1.807, 2.05) is 0 Å². The Morgan fingerprint density at radius 3 is 3.00 bits per heavy atom. The van der Waals surface area contributed by atoms with E-state index in [0.717, 1.165) is 6.42 Å². The summed E-state index contributed by atoms with van der Waals surface area (Å²) in [5, 5.41) is 10.8. The summed E-state index contributed by atoms with van der Waals surface area (Å²) in [5.74, 6) is 0.477. The summed E-state index contributed by atoms with van der Waals surface area (Å²) in [6.45, 7) is 2.19. The van der Waals surface area contributed by atoms with E-state index >= 15 is 0 Å². The van der Waals surface area contributed by atoms with Crippen LogP contribution in [0, 0.1) is 11.3 Å². The molecule has 0 aliphatic carbocycles. The maximum atomic E-state index is 8.69. The lowest BCUT2D eigenvalue weighted by Crippen LogP contribution is -1.94. The van der Waals surface area contributed by atoms with E-state index in [9.17, 15) is 0 Å². The zero-order valence-corrected chi connectivity index (χ0v) is 8.81. The number of nitrogens with zero attached hydrogens (tertiary/aromatic N) is 1. The summed E-state index contributed by atoms with van der Waals surface area (Å²) in [6.07, 6.45) is 4.27. The van der Waals surface area contributed by atoms with Crippen LogP contribution in [0.15, 0.2) is 17.5 Å². The fourth-order valence-corrected chi connectivity index (χ4v) is 2.29. The van der Waals surface area contributed by atoms with Crippen LogP contribution in [0.1, 0.15) is 43.4 Å². The molecular weight excluding hydrogens is 178 g/mol. The van der Waals surface area contributed by atoms with Gasteiger partial charge in [-0.05, 0) is 17.9 Å². The van der Waals surface area contributed by atoms with Gasteiger partial charge in [0.25, 0.3) is 0 Å². The van der Waals surface area contributed by atoms with Gasteiger partial charge in [0.2, 0.25) is 0 Å². The van der Waals surface area contributed by atoms with E-state index in [-0.39, 0.29) is 0 Å². The topological polar surface area (TPSA) is 23.8 Å². The van der Waals surface area contributed by atoms with Gasteiger partial charge in [0.15, 0.2) is 0 Å². The number of nitriles is 1. The summed E-state index contributed by atoms with van der Waals surface area (Å²) in [5.41, 5.74) is 0. The first-order chi connectivity index (χ1) is 6.38. The molecule has 70 valence electrons. The summed E-state index contributed by atoms with van der Waals surface area (Å²) < 4.78 is 0. The van der Waals surface area contributed by atoms with Gasteiger partial charge in [-0.15, -0.1) is 11.3 Å². The van der Waals surface area contributed by atoms with Gasteiger partial charge in [-0.1, -0.05) is 25.8 Å². The largest absolute Gasteiger partial charge is 0.198 e. The second-order valence-corrected chi connectivity index (χ2v) is 4.20. The second kappa shape index (κ2) is 5.77. The number of rotatable bonds is 5. The van der Waals surface area contributed by atoms with Crippen LogP contribution in [0.5, 0.6) is 0 Å². The molecule has 0 saturated heterocycles. The Labute approximate surface area is 84.0 Å². The molecule has 1 rings (SSSR count). The number of thiophene rings is 1. The zero-order chi connectivity index (χ0) is 9.52. The van der Waals surface area contributed by atoms with Gasteiger partial charge < -0.3 is 0 Å². The van der Waals surface area contributed by atoms with Crippen LogP contribution in [0.25, 0.3) is 0 Å². The predicted octanol–water partition coefficient (Wildman–Crippen LogP) is 3.94. The third kappa shape index (κ3) is 3.20. The standard InChI is InChI=1S/C11H15NS/c1-2-3-5-10(7-8-12)11-6-4-9-13-11/h4,6,9-10H,2-3,5,7H2,1H3. The number of hydrogen-bond acceptors (Lipinski definition) is 2. The van der Waals surface area contributed by atoms with Crippen LogP contribution in [-0.2, 0) is 0 Å². The van der Waals surface area contributed by atoms with Gasteiger partial charge in [0, 0.05) is 17.2 Å². The molecule has 1 unspecified atom stereocenters. The summed E-state index contributed by atoms with van der Waals surface area (Å²) in [4.78, 5) is 1.37. The summed E-state index contributed by atoms with van der Waals surface area (Å²) >= 11 is 1.77. The Hall–Kier alpha value is -0.810. The molecule has 0 aliphatic rings. The van der Waals surface area contributed by atoms with Crippen molar-refractivity contribution in [3.05, 3.63) is 22.4 Å². The van der Waals surface area contributed by atoms with Crippen LogP contribution >= 0.6 is 11.3 Å². The van der Waals surface area contributed by atoms with E-state index in [1.165, 1.54) is 17.7 Å². The van der Waals surface area contributed by atoms with Gasteiger partial charge in [0.1, 0.15) is 0 Å².